The lowest BCUT2D eigenvalue weighted by molar-refractivity contribution is -0.904. The van der Waals surface area contributed by atoms with E-state index in [4.69, 9.17) is 9.47 Å². The van der Waals surface area contributed by atoms with Crippen molar-refractivity contribution in [3.8, 4) is 5.75 Å². The first-order valence-electron chi connectivity index (χ1n) is 11.6. The fourth-order valence-electron chi connectivity index (χ4n) is 4.39. The van der Waals surface area contributed by atoms with E-state index in [2.05, 4.69) is 110 Å². The van der Waals surface area contributed by atoms with E-state index in [0.717, 1.165) is 36.2 Å². The Hall–Kier alpha value is -1.84. The minimum atomic E-state index is -0.217. The van der Waals surface area contributed by atoms with Crippen LogP contribution in [0.3, 0.4) is 0 Å². The summed E-state index contributed by atoms with van der Waals surface area (Å²) in [7, 11) is 4.49. The van der Waals surface area contributed by atoms with Gasteiger partial charge in [-0.05, 0) is 34.9 Å². The molecule has 1 atom stereocenters. The summed E-state index contributed by atoms with van der Waals surface area (Å²) in [6.45, 7) is 16.3. The average Bonchev–Trinajstić information content (AvgIpc) is 2.66. The van der Waals surface area contributed by atoms with Gasteiger partial charge in [-0.15, -0.1) is 0 Å². The Morgan fingerprint density at radius 1 is 0.871 bits per heavy atom. The Balaban J connectivity index is 1.87. The summed E-state index contributed by atoms with van der Waals surface area (Å²) in [5, 5.41) is 0. The van der Waals surface area contributed by atoms with E-state index >= 15 is 0 Å². The van der Waals surface area contributed by atoms with E-state index in [1.54, 1.807) is 0 Å². The zero-order valence-electron chi connectivity index (χ0n) is 21.1. The van der Waals surface area contributed by atoms with Crippen LogP contribution in [0.4, 0.5) is 0 Å². The van der Waals surface area contributed by atoms with Gasteiger partial charge in [0.05, 0.1) is 20.7 Å². The lowest BCUT2D eigenvalue weighted by Crippen LogP contribution is -2.42. The Bertz CT molecular complexity index is 773. The van der Waals surface area contributed by atoms with Gasteiger partial charge < -0.3 is 14.0 Å². The van der Waals surface area contributed by atoms with Gasteiger partial charge in [-0.25, -0.2) is 0 Å². The maximum atomic E-state index is 6.14. The molecule has 0 amide bonds. The molecule has 0 aliphatic heterocycles. The van der Waals surface area contributed by atoms with Gasteiger partial charge in [-0.1, -0.05) is 84.0 Å². The van der Waals surface area contributed by atoms with E-state index in [-0.39, 0.29) is 11.7 Å². The van der Waals surface area contributed by atoms with E-state index in [0.29, 0.717) is 12.0 Å². The Labute approximate surface area is 191 Å². The van der Waals surface area contributed by atoms with Crippen LogP contribution in [0.5, 0.6) is 5.75 Å². The summed E-state index contributed by atoms with van der Waals surface area (Å²) in [4.78, 5) is 0. The fourth-order valence-corrected chi connectivity index (χ4v) is 4.39. The van der Waals surface area contributed by atoms with Crippen LogP contribution in [0, 0.1) is 5.41 Å². The Kier molecular flexibility index (Phi) is 8.73. The molecular formula is C28H44NO2+. The predicted octanol–water partition coefficient (Wildman–Crippen LogP) is 6.81. The molecule has 2 rings (SSSR count). The van der Waals surface area contributed by atoms with Crippen LogP contribution >= 0.6 is 0 Å². The van der Waals surface area contributed by atoms with Crippen LogP contribution in [0.2, 0.25) is 0 Å². The van der Waals surface area contributed by atoms with Crippen LogP contribution < -0.4 is 4.74 Å². The van der Waals surface area contributed by atoms with Crippen molar-refractivity contribution in [2.45, 2.75) is 72.6 Å². The molecule has 3 nitrogen and oxygen atoms in total. The summed E-state index contributed by atoms with van der Waals surface area (Å²) in [5.74, 6) is 0.875. The molecule has 0 N–H and O–H groups in total. The van der Waals surface area contributed by atoms with Crippen molar-refractivity contribution in [3.63, 3.8) is 0 Å². The van der Waals surface area contributed by atoms with Crippen molar-refractivity contribution in [1.29, 1.82) is 0 Å². The largest absolute Gasteiger partial charge is 0.465 e. The zero-order valence-corrected chi connectivity index (χ0v) is 21.1. The van der Waals surface area contributed by atoms with Crippen molar-refractivity contribution >= 4 is 0 Å². The third-order valence-electron chi connectivity index (χ3n) is 5.66. The summed E-state index contributed by atoms with van der Waals surface area (Å²) >= 11 is 0. The van der Waals surface area contributed by atoms with Gasteiger partial charge in [0.15, 0.2) is 6.29 Å². The number of rotatable bonds is 11. The second-order valence-corrected chi connectivity index (χ2v) is 11.3. The lowest BCUT2D eigenvalue weighted by Gasteiger charge is -2.33. The molecule has 0 aliphatic carbocycles. The Morgan fingerprint density at radius 3 is 2.03 bits per heavy atom. The summed E-state index contributed by atoms with van der Waals surface area (Å²) in [6, 6.07) is 19.2. The topological polar surface area (TPSA) is 18.5 Å². The SMILES string of the molecule is CCC(OCC[N+](C)(C)Cc1ccccc1)Oc1ccc(C(C)(C)CC(C)(C)C)cc1. The summed E-state index contributed by atoms with van der Waals surface area (Å²) < 4.78 is 13.1. The average molecular weight is 427 g/mol. The summed E-state index contributed by atoms with van der Waals surface area (Å²) in [6.07, 6.45) is 1.74. The molecule has 0 spiro atoms. The number of nitrogens with zero attached hydrogens (tertiary/aromatic N) is 1. The maximum absolute atomic E-state index is 6.14. The molecule has 0 heterocycles. The molecule has 31 heavy (non-hydrogen) atoms. The van der Waals surface area contributed by atoms with Crippen molar-refractivity contribution in [1.82, 2.24) is 0 Å². The van der Waals surface area contributed by atoms with E-state index in [1.165, 1.54) is 11.1 Å². The first-order chi connectivity index (χ1) is 14.4. The monoisotopic (exact) mass is 426 g/mol. The number of hydrogen-bond acceptors (Lipinski definition) is 2. The first-order valence-corrected chi connectivity index (χ1v) is 11.6. The number of quaternary nitrogens is 1. The van der Waals surface area contributed by atoms with Gasteiger partial charge in [0.1, 0.15) is 18.8 Å². The maximum Gasteiger partial charge on any atom is 0.199 e. The van der Waals surface area contributed by atoms with Gasteiger partial charge in [-0.3, -0.25) is 0 Å². The van der Waals surface area contributed by atoms with Crippen LogP contribution in [-0.4, -0.2) is 38.0 Å². The number of likely N-dealkylation sites (N-methyl/N-ethyl adjacent to an activating group) is 1. The van der Waals surface area contributed by atoms with Gasteiger partial charge in [0, 0.05) is 12.0 Å². The second-order valence-electron chi connectivity index (χ2n) is 11.3. The van der Waals surface area contributed by atoms with E-state index in [9.17, 15) is 0 Å². The van der Waals surface area contributed by atoms with Crippen molar-refractivity contribution in [2.75, 3.05) is 27.2 Å². The first kappa shape index (κ1) is 25.4. The van der Waals surface area contributed by atoms with Crippen molar-refractivity contribution < 1.29 is 14.0 Å². The minimum Gasteiger partial charge on any atom is -0.465 e. The van der Waals surface area contributed by atoms with Crippen LogP contribution in [-0.2, 0) is 16.7 Å². The molecule has 0 bridgehead atoms. The predicted molar refractivity (Wildman–Crippen MR) is 131 cm³/mol. The molecule has 2 aromatic carbocycles. The molecule has 0 aromatic heterocycles. The van der Waals surface area contributed by atoms with Crippen LogP contribution in [0.1, 0.15) is 65.5 Å². The quantitative estimate of drug-likeness (QED) is 0.290. The highest BCUT2D eigenvalue weighted by atomic mass is 16.7. The molecular weight excluding hydrogens is 382 g/mol. The van der Waals surface area contributed by atoms with E-state index < -0.39 is 0 Å². The standard InChI is InChI=1S/C28H44NO2/c1-9-26(30-20-19-29(7,8)21-23-13-11-10-12-14-23)31-25-17-15-24(16-18-25)28(5,6)22-27(2,3)4/h10-18,26H,9,19-22H2,1-8H3/q+1. The zero-order chi connectivity index (χ0) is 23.1. The molecule has 0 aliphatic rings. The number of ether oxygens (including phenoxy) is 2. The van der Waals surface area contributed by atoms with Crippen LogP contribution in [0.15, 0.2) is 54.6 Å². The second kappa shape index (κ2) is 10.7. The molecule has 0 saturated heterocycles. The van der Waals surface area contributed by atoms with Gasteiger partial charge in [0.2, 0.25) is 0 Å². The van der Waals surface area contributed by atoms with Crippen LogP contribution in [0.25, 0.3) is 0 Å². The lowest BCUT2D eigenvalue weighted by atomic mass is 9.72. The Morgan fingerprint density at radius 2 is 1.48 bits per heavy atom. The minimum absolute atomic E-state index is 0.139. The molecule has 1 unspecified atom stereocenters. The van der Waals surface area contributed by atoms with E-state index in [1.807, 2.05) is 0 Å². The summed E-state index contributed by atoms with van der Waals surface area (Å²) in [5.41, 5.74) is 3.14. The van der Waals surface area contributed by atoms with Crippen molar-refractivity contribution in [3.05, 3.63) is 65.7 Å². The molecule has 3 heteroatoms. The van der Waals surface area contributed by atoms with Gasteiger partial charge in [-0.2, -0.15) is 0 Å². The smallest absolute Gasteiger partial charge is 0.199 e. The van der Waals surface area contributed by atoms with Gasteiger partial charge >= 0.3 is 0 Å². The molecule has 172 valence electrons. The molecule has 0 radical (unpaired) electrons. The highest BCUT2D eigenvalue weighted by Gasteiger charge is 2.27. The fraction of sp³-hybridized carbons (Fsp3) is 0.571. The number of benzene rings is 2. The highest BCUT2D eigenvalue weighted by molar-refractivity contribution is 5.31. The normalized spacial score (nSPS) is 13.8. The highest BCUT2D eigenvalue weighted by Crippen LogP contribution is 2.36. The van der Waals surface area contributed by atoms with Gasteiger partial charge in [0.25, 0.3) is 0 Å². The molecule has 0 saturated carbocycles. The molecule has 0 fully saturated rings. The van der Waals surface area contributed by atoms with Crippen molar-refractivity contribution in [2.24, 2.45) is 5.41 Å². The third kappa shape index (κ3) is 9.04. The molecule has 2 aromatic rings. The third-order valence-corrected chi connectivity index (χ3v) is 5.66. The number of hydrogen-bond donors (Lipinski definition) is 0.